The number of methoxy groups -OCH3 is 1. The summed E-state index contributed by atoms with van der Waals surface area (Å²) < 4.78 is 19.2. The van der Waals surface area contributed by atoms with E-state index in [4.69, 9.17) is 4.74 Å². The van der Waals surface area contributed by atoms with Crippen molar-refractivity contribution in [2.24, 2.45) is 0 Å². The number of para-hydroxylation sites is 1. The SMILES string of the molecule is COc1ccccc1C1(CNC(=O)c2ccccc2F)CCC1. The second-order valence-electron chi connectivity index (χ2n) is 6.00. The molecule has 3 nitrogen and oxygen atoms in total. The van der Waals surface area contributed by atoms with Gasteiger partial charge in [0.05, 0.1) is 12.7 Å². The van der Waals surface area contributed by atoms with Gasteiger partial charge in [0.15, 0.2) is 0 Å². The van der Waals surface area contributed by atoms with Crippen molar-refractivity contribution >= 4 is 5.91 Å². The fourth-order valence-corrected chi connectivity index (χ4v) is 3.22. The summed E-state index contributed by atoms with van der Waals surface area (Å²) in [7, 11) is 1.66. The molecule has 1 fully saturated rings. The highest BCUT2D eigenvalue weighted by atomic mass is 19.1. The minimum Gasteiger partial charge on any atom is -0.496 e. The molecule has 1 aliphatic rings. The Morgan fingerprint density at radius 3 is 2.52 bits per heavy atom. The summed E-state index contributed by atoms with van der Waals surface area (Å²) in [4.78, 5) is 12.3. The molecule has 0 unspecified atom stereocenters. The highest BCUT2D eigenvalue weighted by Gasteiger charge is 2.40. The van der Waals surface area contributed by atoms with Gasteiger partial charge < -0.3 is 10.1 Å². The first-order chi connectivity index (χ1) is 11.2. The third-order valence-electron chi connectivity index (χ3n) is 4.69. The topological polar surface area (TPSA) is 38.3 Å². The van der Waals surface area contributed by atoms with Crippen molar-refractivity contribution in [3.05, 3.63) is 65.5 Å². The number of hydrogen-bond donors (Lipinski definition) is 1. The van der Waals surface area contributed by atoms with Gasteiger partial charge in [0.2, 0.25) is 0 Å². The standard InChI is InChI=1S/C19H20FNO2/c1-23-17-10-5-3-8-15(17)19(11-6-12-19)13-21-18(22)14-7-2-4-9-16(14)20/h2-5,7-10H,6,11-13H2,1H3,(H,21,22). The Morgan fingerprint density at radius 1 is 1.17 bits per heavy atom. The Balaban J connectivity index is 1.78. The molecule has 0 spiro atoms. The molecular formula is C19H20FNO2. The van der Waals surface area contributed by atoms with Crippen LogP contribution in [-0.4, -0.2) is 19.6 Å². The van der Waals surface area contributed by atoms with Gasteiger partial charge in [-0.25, -0.2) is 4.39 Å². The summed E-state index contributed by atoms with van der Waals surface area (Å²) in [5.74, 6) is -0.0263. The largest absolute Gasteiger partial charge is 0.496 e. The normalized spacial score (nSPS) is 15.6. The number of benzene rings is 2. The van der Waals surface area contributed by atoms with Gasteiger partial charge in [-0.15, -0.1) is 0 Å². The molecule has 2 aromatic carbocycles. The monoisotopic (exact) mass is 313 g/mol. The lowest BCUT2D eigenvalue weighted by Gasteiger charge is -2.43. The maximum atomic E-state index is 13.7. The summed E-state index contributed by atoms with van der Waals surface area (Å²) in [6.07, 6.45) is 3.10. The molecule has 0 bridgehead atoms. The van der Waals surface area contributed by atoms with Gasteiger partial charge in [-0.3, -0.25) is 4.79 Å². The van der Waals surface area contributed by atoms with Crippen LogP contribution in [0.3, 0.4) is 0 Å². The van der Waals surface area contributed by atoms with E-state index in [1.54, 1.807) is 19.2 Å². The molecule has 1 N–H and O–H groups in total. The number of rotatable bonds is 5. The minimum atomic E-state index is -0.495. The van der Waals surface area contributed by atoms with Crippen LogP contribution in [0.5, 0.6) is 5.75 Å². The highest BCUT2D eigenvalue weighted by Crippen LogP contribution is 2.46. The summed E-state index contributed by atoms with van der Waals surface area (Å²) in [6, 6.07) is 14.0. The number of halogens is 1. The Morgan fingerprint density at radius 2 is 1.87 bits per heavy atom. The third-order valence-corrected chi connectivity index (χ3v) is 4.69. The van der Waals surface area contributed by atoms with Crippen LogP contribution >= 0.6 is 0 Å². The molecule has 1 amide bonds. The van der Waals surface area contributed by atoms with Gasteiger partial charge in [-0.05, 0) is 31.0 Å². The van der Waals surface area contributed by atoms with Gasteiger partial charge in [0, 0.05) is 17.5 Å². The Labute approximate surface area is 135 Å². The van der Waals surface area contributed by atoms with E-state index in [1.165, 1.54) is 12.1 Å². The molecule has 4 heteroatoms. The average Bonchev–Trinajstić information content (AvgIpc) is 2.54. The van der Waals surface area contributed by atoms with Crippen LogP contribution in [0.2, 0.25) is 0 Å². The first kappa shape index (κ1) is 15.5. The number of hydrogen-bond acceptors (Lipinski definition) is 2. The number of ether oxygens (including phenoxy) is 1. The maximum Gasteiger partial charge on any atom is 0.254 e. The molecular weight excluding hydrogens is 293 g/mol. The van der Waals surface area contributed by atoms with E-state index in [0.29, 0.717) is 6.54 Å². The second-order valence-corrected chi connectivity index (χ2v) is 6.00. The van der Waals surface area contributed by atoms with E-state index in [2.05, 4.69) is 5.32 Å². The van der Waals surface area contributed by atoms with Gasteiger partial charge in [-0.2, -0.15) is 0 Å². The van der Waals surface area contributed by atoms with Crippen molar-refractivity contribution in [2.45, 2.75) is 24.7 Å². The third kappa shape index (κ3) is 2.93. The van der Waals surface area contributed by atoms with Gasteiger partial charge in [0.25, 0.3) is 5.91 Å². The zero-order chi connectivity index (χ0) is 16.3. The fraction of sp³-hybridized carbons (Fsp3) is 0.316. The molecule has 120 valence electrons. The van der Waals surface area contributed by atoms with Crippen LogP contribution < -0.4 is 10.1 Å². The number of carbonyl (C=O) groups is 1. The fourth-order valence-electron chi connectivity index (χ4n) is 3.22. The molecule has 0 aromatic heterocycles. The van der Waals surface area contributed by atoms with Gasteiger partial charge in [0.1, 0.15) is 11.6 Å². The summed E-state index contributed by atoms with van der Waals surface area (Å²) in [6.45, 7) is 0.487. The first-order valence-electron chi connectivity index (χ1n) is 7.82. The predicted octanol–water partition coefficient (Wildman–Crippen LogP) is 3.69. The van der Waals surface area contributed by atoms with Gasteiger partial charge in [-0.1, -0.05) is 36.8 Å². The lowest BCUT2D eigenvalue weighted by atomic mass is 9.64. The summed E-state index contributed by atoms with van der Waals surface area (Å²) in [5.41, 5.74) is 1.08. The first-order valence-corrected chi connectivity index (χ1v) is 7.82. The lowest BCUT2D eigenvalue weighted by Crippen LogP contribution is -2.45. The van der Waals surface area contributed by atoms with E-state index < -0.39 is 5.82 Å². The Hall–Kier alpha value is -2.36. The number of nitrogens with one attached hydrogen (secondary N) is 1. The molecule has 0 heterocycles. The molecule has 2 aromatic rings. The molecule has 1 saturated carbocycles. The van der Waals surface area contributed by atoms with Crippen molar-refractivity contribution in [3.63, 3.8) is 0 Å². The van der Waals surface area contributed by atoms with Crippen molar-refractivity contribution in [1.82, 2.24) is 5.32 Å². The quantitative estimate of drug-likeness (QED) is 0.914. The van der Waals surface area contributed by atoms with Gasteiger partial charge >= 0.3 is 0 Å². The molecule has 3 rings (SSSR count). The van der Waals surface area contributed by atoms with E-state index >= 15 is 0 Å². The smallest absolute Gasteiger partial charge is 0.254 e. The zero-order valence-electron chi connectivity index (χ0n) is 13.1. The zero-order valence-corrected chi connectivity index (χ0v) is 13.1. The van der Waals surface area contributed by atoms with Crippen LogP contribution in [0.15, 0.2) is 48.5 Å². The summed E-state index contributed by atoms with van der Waals surface area (Å²) >= 11 is 0. The maximum absolute atomic E-state index is 13.7. The van der Waals surface area contributed by atoms with Crippen molar-refractivity contribution in [1.29, 1.82) is 0 Å². The Kier molecular flexibility index (Phi) is 4.33. The average molecular weight is 313 g/mol. The number of amides is 1. The Bertz CT molecular complexity index is 710. The lowest BCUT2D eigenvalue weighted by molar-refractivity contribution is 0.0922. The number of carbonyl (C=O) groups excluding carboxylic acids is 1. The van der Waals surface area contributed by atoms with E-state index in [0.717, 1.165) is 30.6 Å². The van der Waals surface area contributed by atoms with Crippen LogP contribution in [0.4, 0.5) is 4.39 Å². The second kappa shape index (κ2) is 6.41. The predicted molar refractivity (Wildman–Crippen MR) is 87.3 cm³/mol. The molecule has 23 heavy (non-hydrogen) atoms. The van der Waals surface area contributed by atoms with E-state index in [1.807, 2.05) is 24.3 Å². The highest BCUT2D eigenvalue weighted by molar-refractivity contribution is 5.94. The van der Waals surface area contributed by atoms with Crippen LogP contribution in [0.1, 0.15) is 35.2 Å². The van der Waals surface area contributed by atoms with Crippen LogP contribution in [-0.2, 0) is 5.41 Å². The molecule has 0 saturated heterocycles. The summed E-state index contributed by atoms with van der Waals surface area (Å²) in [5, 5.41) is 2.90. The molecule has 0 radical (unpaired) electrons. The van der Waals surface area contributed by atoms with Crippen molar-refractivity contribution in [3.8, 4) is 5.75 Å². The van der Waals surface area contributed by atoms with Crippen LogP contribution in [0, 0.1) is 5.82 Å². The molecule has 0 aliphatic heterocycles. The van der Waals surface area contributed by atoms with E-state index in [-0.39, 0.29) is 16.9 Å². The molecule has 1 aliphatic carbocycles. The van der Waals surface area contributed by atoms with E-state index in [9.17, 15) is 9.18 Å². The van der Waals surface area contributed by atoms with Crippen molar-refractivity contribution in [2.75, 3.05) is 13.7 Å². The van der Waals surface area contributed by atoms with Crippen molar-refractivity contribution < 1.29 is 13.9 Å². The molecule has 0 atom stereocenters. The van der Waals surface area contributed by atoms with Crippen LogP contribution in [0.25, 0.3) is 0 Å². The minimum absolute atomic E-state index is 0.0852.